The van der Waals surface area contributed by atoms with Gasteiger partial charge in [0, 0.05) is 22.7 Å². The number of thiazole rings is 1. The van der Waals surface area contributed by atoms with Crippen LogP contribution in [0.4, 0.5) is 10.8 Å². The van der Waals surface area contributed by atoms with E-state index in [1.807, 2.05) is 0 Å². The summed E-state index contributed by atoms with van der Waals surface area (Å²) in [5.74, 6) is 0.00267. The Balaban J connectivity index is 1.56. The van der Waals surface area contributed by atoms with Gasteiger partial charge < -0.3 is 4.42 Å². The van der Waals surface area contributed by atoms with Gasteiger partial charge in [0.05, 0.1) is 20.2 Å². The molecule has 2 heterocycles. The number of nitro benzene ring substituents is 1. The fourth-order valence-corrected chi connectivity index (χ4v) is 3.93. The molecule has 0 unspecified atom stereocenters. The number of fused-ring (bicyclic) bond motifs is 1. The molecule has 0 atom stereocenters. The van der Waals surface area contributed by atoms with E-state index in [1.54, 1.807) is 24.3 Å². The van der Waals surface area contributed by atoms with Crippen LogP contribution in [-0.2, 0) is 0 Å². The van der Waals surface area contributed by atoms with Crippen molar-refractivity contribution < 1.29 is 14.1 Å². The quantitative estimate of drug-likeness (QED) is 0.313. The molecule has 2 aromatic heterocycles. The van der Waals surface area contributed by atoms with Gasteiger partial charge in [-0.1, -0.05) is 34.5 Å². The van der Waals surface area contributed by atoms with E-state index in [-0.39, 0.29) is 11.4 Å². The minimum Gasteiger partial charge on any atom is -0.451 e. The summed E-state index contributed by atoms with van der Waals surface area (Å²) in [5, 5.41) is 14.7. The molecule has 0 radical (unpaired) electrons. The van der Waals surface area contributed by atoms with Crippen molar-refractivity contribution in [2.75, 3.05) is 5.32 Å². The highest BCUT2D eigenvalue weighted by atomic mass is 35.5. The molecule has 0 bridgehead atoms. The molecule has 0 spiro atoms. The molecule has 0 saturated heterocycles. The molecule has 0 aliphatic carbocycles. The Hall–Kier alpha value is -2.94. The van der Waals surface area contributed by atoms with E-state index in [4.69, 9.17) is 27.6 Å². The second kappa shape index (κ2) is 7.23. The highest BCUT2D eigenvalue weighted by Crippen LogP contribution is 2.32. The molecule has 0 saturated carbocycles. The van der Waals surface area contributed by atoms with Crippen LogP contribution in [0.5, 0.6) is 0 Å². The topological polar surface area (TPSA) is 98.3 Å². The van der Waals surface area contributed by atoms with Gasteiger partial charge in [-0.15, -0.1) is 0 Å². The largest absolute Gasteiger partial charge is 0.451 e. The van der Waals surface area contributed by atoms with E-state index in [2.05, 4.69) is 10.3 Å². The monoisotopic (exact) mass is 433 g/mol. The number of rotatable bonds is 4. The van der Waals surface area contributed by atoms with E-state index in [0.29, 0.717) is 36.7 Å². The Labute approximate surface area is 171 Å². The number of carbonyl (C=O) groups is 1. The smallest absolute Gasteiger partial charge is 0.293 e. The predicted octanol–water partition coefficient (Wildman–Crippen LogP) is 6.02. The van der Waals surface area contributed by atoms with Crippen LogP contribution in [-0.4, -0.2) is 15.8 Å². The van der Waals surface area contributed by atoms with Crippen molar-refractivity contribution >= 4 is 61.5 Å². The van der Waals surface area contributed by atoms with Crippen molar-refractivity contribution in [3.05, 3.63) is 74.5 Å². The summed E-state index contributed by atoms with van der Waals surface area (Å²) in [5.41, 5.74) is 1.13. The molecule has 2 aromatic carbocycles. The molecule has 1 N–H and O–H groups in total. The molecule has 4 rings (SSSR count). The summed E-state index contributed by atoms with van der Waals surface area (Å²) in [6.45, 7) is 0. The van der Waals surface area contributed by atoms with Gasteiger partial charge in [-0.25, -0.2) is 4.98 Å². The third kappa shape index (κ3) is 3.57. The van der Waals surface area contributed by atoms with Crippen molar-refractivity contribution in [2.24, 2.45) is 0 Å². The van der Waals surface area contributed by atoms with Crippen molar-refractivity contribution in [3.8, 4) is 11.3 Å². The van der Waals surface area contributed by atoms with Gasteiger partial charge in [-0.3, -0.25) is 20.2 Å². The zero-order valence-electron chi connectivity index (χ0n) is 13.8. The molecule has 4 aromatic rings. The van der Waals surface area contributed by atoms with Gasteiger partial charge in [0.1, 0.15) is 5.76 Å². The van der Waals surface area contributed by atoms with Crippen LogP contribution in [0.25, 0.3) is 21.5 Å². The number of furan rings is 1. The predicted molar refractivity (Wildman–Crippen MR) is 108 cm³/mol. The summed E-state index contributed by atoms with van der Waals surface area (Å²) < 4.78 is 6.19. The van der Waals surface area contributed by atoms with E-state index in [1.165, 1.54) is 24.3 Å². The van der Waals surface area contributed by atoms with Gasteiger partial charge in [0.2, 0.25) is 0 Å². The third-order valence-electron chi connectivity index (χ3n) is 3.83. The first kappa shape index (κ1) is 18.4. The van der Waals surface area contributed by atoms with Crippen LogP contribution in [0.15, 0.2) is 52.9 Å². The second-order valence-electron chi connectivity index (χ2n) is 5.67. The minimum atomic E-state index is -0.495. The first-order valence-corrected chi connectivity index (χ1v) is 9.39. The summed E-state index contributed by atoms with van der Waals surface area (Å²) >= 11 is 13.2. The van der Waals surface area contributed by atoms with Crippen LogP contribution < -0.4 is 5.32 Å². The lowest BCUT2D eigenvalue weighted by molar-refractivity contribution is -0.384. The van der Waals surface area contributed by atoms with Gasteiger partial charge in [0.25, 0.3) is 11.6 Å². The molecule has 1 amide bonds. The number of nitrogens with zero attached hydrogens (tertiary/aromatic N) is 2. The fourth-order valence-electron chi connectivity index (χ4n) is 2.53. The number of nitro groups is 1. The lowest BCUT2D eigenvalue weighted by atomic mass is 10.2. The molecule has 0 aliphatic rings. The number of benzene rings is 2. The Morgan fingerprint density at radius 3 is 2.71 bits per heavy atom. The maximum atomic E-state index is 12.4. The average molecular weight is 434 g/mol. The average Bonchev–Trinajstić information content (AvgIpc) is 3.27. The Morgan fingerprint density at radius 1 is 1.14 bits per heavy atom. The number of carbonyl (C=O) groups excluding carboxylic acids is 1. The highest BCUT2D eigenvalue weighted by molar-refractivity contribution is 7.22. The summed E-state index contributed by atoms with van der Waals surface area (Å²) in [6, 6.07) is 12.4. The normalized spacial score (nSPS) is 10.9. The van der Waals surface area contributed by atoms with Crippen LogP contribution in [0.2, 0.25) is 10.0 Å². The second-order valence-corrected chi connectivity index (χ2v) is 7.54. The Kier molecular flexibility index (Phi) is 4.76. The molecule has 28 heavy (non-hydrogen) atoms. The summed E-state index contributed by atoms with van der Waals surface area (Å²) in [7, 11) is 0. The highest BCUT2D eigenvalue weighted by Gasteiger charge is 2.17. The minimum absolute atomic E-state index is 0.0375. The number of hydrogen-bond acceptors (Lipinski definition) is 6. The number of halogens is 2. The maximum absolute atomic E-state index is 12.4. The SMILES string of the molecule is O=C(Nc1nc2ccc([N+](=O)[O-])cc2s1)c1ccc(-c2ccc(Cl)cc2Cl)o1. The van der Waals surface area contributed by atoms with Crippen molar-refractivity contribution in [1.82, 2.24) is 4.98 Å². The molecule has 10 heteroatoms. The molecular formula is C18H9Cl2N3O4S. The van der Waals surface area contributed by atoms with Crippen LogP contribution in [0.3, 0.4) is 0 Å². The van der Waals surface area contributed by atoms with E-state index in [0.717, 1.165) is 11.3 Å². The van der Waals surface area contributed by atoms with E-state index in [9.17, 15) is 14.9 Å². The van der Waals surface area contributed by atoms with E-state index >= 15 is 0 Å². The molecule has 140 valence electrons. The molecular weight excluding hydrogens is 425 g/mol. The van der Waals surface area contributed by atoms with E-state index < -0.39 is 10.8 Å². The number of aromatic nitrogens is 1. The zero-order valence-corrected chi connectivity index (χ0v) is 16.1. The van der Waals surface area contributed by atoms with Crippen LogP contribution >= 0.6 is 34.5 Å². The number of hydrogen-bond donors (Lipinski definition) is 1. The molecule has 7 nitrogen and oxygen atoms in total. The zero-order chi connectivity index (χ0) is 19.8. The van der Waals surface area contributed by atoms with Crippen LogP contribution in [0, 0.1) is 10.1 Å². The molecule has 0 fully saturated rings. The van der Waals surface area contributed by atoms with Gasteiger partial charge in [0.15, 0.2) is 10.9 Å². The number of amides is 1. The number of anilines is 1. The lowest BCUT2D eigenvalue weighted by Crippen LogP contribution is -2.10. The van der Waals surface area contributed by atoms with Gasteiger partial charge in [-0.2, -0.15) is 0 Å². The van der Waals surface area contributed by atoms with Gasteiger partial charge in [-0.05, 0) is 36.4 Å². The standard InChI is InChI=1S/C18H9Cl2N3O4S/c19-9-1-3-11(12(20)7-9)14-5-6-15(27-14)17(24)22-18-21-13-4-2-10(23(25)26)8-16(13)28-18/h1-8H,(H,21,22,24). The van der Waals surface area contributed by atoms with Crippen molar-refractivity contribution in [1.29, 1.82) is 0 Å². The first-order chi connectivity index (χ1) is 13.4. The fraction of sp³-hybridized carbons (Fsp3) is 0. The van der Waals surface area contributed by atoms with Gasteiger partial charge >= 0.3 is 0 Å². The third-order valence-corrected chi connectivity index (χ3v) is 5.31. The summed E-state index contributed by atoms with van der Waals surface area (Å²) in [6.07, 6.45) is 0. The maximum Gasteiger partial charge on any atom is 0.293 e. The molecule has 0 aliphatic heterocycles. The van der Waals surface area contributed by atoms with Crippen molar-refractivity contribution in [2.45, 2.75) is 0 Å². The van der Waals surface area contributed by atoms with Crippen molar-refractivity contribution in [3.63, 3.8) is 0 Å². The lowest BCUT2D eigenvalue weighted by Gasteiger charge is -2.01. The van der Waals surface area contributed by atoms with Crippen LogP contribution in [0.1, 0.15) is 10.6 Å². The number of nitrogens with one attached hydrogen (secondary N) is 1. The summed E-state index contributed by atoms with van der Waals surface area (Å²) in [4.78, 5) is 27.1. The first-order valence-electron chi connectivity index (χ1n) is 7.82. The Bertz CT molecular complexity index is 1230. The number of non-ortho nitro benzene ring substituents is 1. The Morgan fingerprint density at radius 2 is 1.96 bits per heavy atom.